The monoisotopic (exact) mass is 271 g/mol. The first-order chi connectivity index (χ1) is 9.69. The number of phenolic OH excluding ortho intramolecular Hbond substituents is 1. The highest BCUT2D eigenvalue weighted by Crippen LogP contribution is 2.37. The first-order valence-corrected chi connectivity index (χ1v) is 7.03. The number of benzene rings is 2. The molecular formula is C17H18FNO. The highest BCUT2D eigenvalue weighted by molar-refractivity contribution is 5.59. The molecule has 2 nitrogen and oxygen atoms in total. The Morgan fingerprint density at radius 3 is 2.65 bits per heavy atom. The Balaban J connectivity index is 1.96. The zero-order valence-electron chi connectivity index (χ0n) is 11.5. The van der Waals surface area contributed by atoms with Crippen molar-refractivity contribution in [3.8, 4) is 5.75 Å². The van der Waals surface area contributed by atoms with Crippen molar-refractivity contribution in [1.29, 1.82) is 0 Å². The molecule has 0 aliphatic carbocycles. The number of hydrogen-bond acceptors (Lipinski definition) is 2. The van der Waals surface area contributed by atoms with Gasteiger partial charge in [-0.3, -0.25) is 0 Å². The molecule has 0 aromatic heterocycles. The quantitative estimate of drug-likeness (QED) is 0.910. The molecule has 1 aliphatic rings. The minimum Gasteiger partial charge on any atom is -0.508 e. The number of anilines is 1. The Morgan fingerprint density at radius 1 is 1.20 bits per heavy atom. The third-order valence-corrected chi connectivity index (χ3v) is 4.02. The predicted octanol–water partition coefficient (Wildman–Crippen LogP) is 4.05. The third kappa shape index (κ3) is 2.24. The van der Waals surface area contributed by atoms with Gasteiger partial charge in [-0.15, -0.1) is 0 Å². The summed E-state index contributed by atoms with van der Waals surface area (Å²) in [6.07, 6.45) is 1.91. The summed E-state index contributed by atoms with van der Waals surface area (Å²) in [7, 11) is 0. The van der Waals surface area contributed by atoms with Gasteiger partial charge < -0.3 is 10.0 Å². The normalized spacial score (nSPS) is 15.2. The first-order valence-electron chi connectivity index (χ1n) is 7.03. The Hall–Kier alpha value is -2.03. The smallest absolute Gasteiger partial charge is 0.125 e. The number of hydrogen-bond donors (Lipinski definition) is 1. The van der Waals surface area contributed by atoms with Gasteiger partial charge in [-0.05, 0) is 48.2 Å². The van der Waals surface area contributed by atoms with E-state index in [4.69, 9.17) is 0 Å². The number of rotatable bonds is 3. The Kier molecular flexibility index (Phi) is 3.35. The molecule has 0 spiro atoms. The van der Waals surface area contributed by atoms with Crippen LogP contribution in [0.1, 0.15) is 30.5 Å². The zero-order chi connectivity index (χ0) is 14.1. The molecule has 1 N–H and O–H groups in total. The van der Waals surface area contributed by atoms with Crippen molar-refractivity contribution in [2.75, 3.05) is 11.4 Å². The van der Waals surface area contributed by atoms with E-state index < -0.39 is 0 Å². The third-order valence-electron chi connectivity index (χ3n) is 4.02. The Labute approximate surface area is 118 Å². The van der Waals surface area contributed by atoms with Crippen LogP contribution in [-0.2, 0) is 6.42 Å². The topological polar surface area (TPSA) is 23.5 Å². The van der Waals surface area contributed by atoms with Crippen LogP contribution in [0.25, 0.3) is 0 Å². The highest BCUT2D eigenvalue weighted by atomic mass is 19.1. The minimum absolute atomic E-state index is 0.184. The van der Waals surface area contributed by atoms with E-state index >= 15 is 0 Å². The maximum absolute atomic E-state index is 13.5. The number of fused-ring (bicyclic) bond motifs is 1. The molecule has 0 saturated carbocycles. The van der Waals surface area contributed by atoms with Gasteiger partial charge in [0.2, 0.25) is 0 Å². The molecule has 0 bridgehead atoms. The average molecular weight is 271 g/mol. The van der Waals surface area contributed by atoms with Gasteiger partial charge >= 0.3 is 0 Å². The van der Waals surface area contributed by atoms with E-state index in [1.165, 1.54) is 11.6 Å². The van der Waals surface area contributed by atoms with Crippen molar-refractivity contribution in [2.24, 2.45) is 0 Å². The average Bonchev–Trinajstić information content (AvgIpc) is 2.85. The van der Waals surface area contributed by atoms with E-state index in [1.807, 2.05) is 18.2 Å². The van der Waals surface area contributed by atoms with E-state index in [0.29, 0.717) is 0 Å². The molecule has 0 saturated heterocycles. The van der Waals surface area contributed by atoms with Crippen LogP contribution in [0.15, 0.2) is 42.5 Å². The second kappa shape index (κ2) is 5.16. The lowest BCUT2D eigenvalue weighted by Gasteiger charge is -2.30. The van der Waals surface area contributed by atoms with Crippen LogP contribution in [0.5, 0.6) is 5.75 Å². The molecule has 0 fully saturated rings. The molecule has 1 atom stereocenters. The highest BCUT2D eigenvalue weighted by Gasteiger charge is 2.26. The summed E-state index contributed by atoms with van der Waals surface area (Å²) in [6, 6.07) is 12.6. The molecule has 104 valence electrons. The minimum atomic E-state index is -0.184. The van der Waals surface area contributed by atoms with E-state index in [-0.39, 0.29) is 17.6 Å². The van der Waals surface area contributed by atoms with Gasteiger partial charge in [0.25, 0.3) is 0 Å². The standard InChI is InChI=1S/C17H18FNO/c1-2-16(12-4-7-15(20)8-5-12)19-10-9-13-3-6-14(18)11-17(13)19/h3-8,11,16,20H,2,9-10H2,1H3. The maximum Gasteiger partial charge on any atom is 0.125 e. The largest absolute Gasteiger partial charge is 0.508 e. The van der Waals surface area contributed by atoms with Crippen molar-refractivity contribution < 1.29 is 9.50 Å². The van der Waals surface area contributed by atoms with Crippen molar-refractivity contribution >= 4 is 5.69 Å². The molecule has 0 radical (unpaired) electrons. The molecular weight excluding hydrogens is 253 g/mol. The fourth-order valence-corrected chi connectivity index (χ4v) is 3.03. The lowest BCUT2D eigenvalue weighted by Crippen LogP contribution is -2.26. The fraction of sp³-hybridized carbons (Fsp3) is 0.294. The lowest BCUT2D eigenvalue weighted by atomic mass is 10.0. The van der Waals surface area contributed by atoms with Crippen LogP contribution >= 0.6 is 0 Å². The summed E-state index contributed by atoms with van der Waals surface area (Å²) in [5.41, 5.74) is 3.37. The van der Waals surface area contributed by atoms with Crippen LogP contribution in [0.3, 0.4) is 0 Å². The maximum atomic E-state index is 13.5. The van der Waals surface area contributed by atoms with Crippen molar-refractivity contribution in [2.45, 2.75) is 25.8 Å². The zero-order valence-corrected chi connectivity index (χ0v) is 11.5. The molecule has 3 rings (SSSR count). The van der Waals surface area contributed by atoms with E-state index in [9.17, 15) is 9.50 Å². The first kappa shape index (κ1) is 13.0. The van der Waals surface area contributed by atoms with Gasteiger partial charge in [0.05, 0.1) is 6.04 Å². The van der Waals surface area contributed by atoms with E-state index in [2.05, 4.69) is 11.8 Å². The Morgan fingerprint density at radius 2 is 1.95 bits per heavy atom. The van der Waals surface area contributed by atoms with Gasteiger partial charge in [0.1, 0.15) is 11.6 Å². The second-order valence-corrected chi connectivity index (χ2v) is 5.23. The summed E-state index contributed by atoms with van der Waals surface area (Å²) in [4.78, 5) is 2.27. The summed E-state index contributed by atoms with van der Waals surface area (Å²) in [6.45, 7) is 3.05. The van der Waals surface area contributed by atoms with Crippen LogP contribution in [-0.4, -0.2) is 11.7 Å². The lowest BCUT2D eigenvalue weighted by molar-refractivity contribution is 0.474. The van der Waals surface area contributed by atoms with Gasteiger partial charge in [-0.2, -0.15) is 0 Å². The van der Waals surface area contributed by atoms with Crippen LogP contribution in [0.2, 0.25) is 0 Å². The van der Waals surface area contributed by atoms with Gasteiger partial charge in [-0.25, -0.2) is 4.39 Å². The fourth-order valence-electron chi connectivity index (χ4n) is 3.03. The molecule has 1 unspecified atom stereocenters. The summed E-state index contributed by atoms with van der Waals surface area (Å²) < 4.78 is 13.5. The van der Waals surface area contributed by atoms with Crippen LogP contribution in [0.4, 0.5) is 10.1 Å². The molecule has 2 aromatic rings. The number of aromatic hydroxyl groups is 1. The predicted molar refractivity (Wildman–Crippen MR) is 78.6 cm³/mol. The second-order valence-electron chi connectivity index (χ2n) is 5.23. The van der Waals surface area contributed by atoms with Crippen molar-refractivity contribution in [1.82, 2.24) is 0 Å². The summed E-state index contributed by atoms with van der Waals surface area (Å²) in [5, 5.41) is 9.41. The molecule has 1 aliphatic heterocycles. The summed E-state index contributed by atoms with van der Waals surface area (Å²) >= 11 is 0. The summed E-state index contributed by atoms with van der Waals surface area (Å²) in [5.74, 6) is 0.0904. The molecule has 2 aromatic carbocycles. The van der Waals surface area contributed by atoms with E-state index in [1.54, 1.807) is 18.2 Å². The van der Waals surface area contributed by atoms with Gasteiger partial charge in [0.15, 0.2) is 0 Å². The molecule has 3 heteroatoms. The van der Waals surface area contributed by atoms with Crippen LogP contribution in [0, 0.1) is 5.82 Å². The SMILES string of the molecule is CCC(c1ccc(O)cc1)N1CCc2ccc(F)cc21. The molecule has 20 heavy (non-hydrogen) atoms. The van der Waals surface area contributed by atoms with Gasteiger partial charge in [0, 0.05) is 12.2 Å². The van der Waals surface area contributed by atoms with Crippen LogP contribution < -0.4 is 4.90 Å². The van der Waals surface area contributed by atoms with Crippen molar-refractivity contribution in [3.63, 3.8) is 0 Å². The molecule has 0 amide bonds. The van der Waals surface area contributed by atoms with Gasteiger partial charge in [-0.1, -0.05) is 25.1 Å². The molecule has 1 heterocycles. The number of halogens is 1. The van der Waals surface area contributed by atoms with Crippen molar-refractivity contribution in [3.05, 3.63) is 59.4 Å². The number of nitrogens with zero attached hydrogens (tertiary/aromatic N) is 1. The van der Waals surface area contributed by atoms with E-state index in [0.717, 1.165) is 30.6 Å². The number of phenols is 1. The Bertz CT molecular complexity index is 609.